The lowest BCUT2D eigenvalue weighted by Crippen LogP contribution is -2.04. The van der Waals surface area contributed by atoms with Crippen LogP contribution in [0.2, 0.25) is 10.0 Å². The number of hydrogen-bond donors (Lipinski definition) is 3. The Morgan fingerprint density at radius 2 is 1.47 bits per heavy atom. The van der Waals surface area contributed by atoms with Crippen molar-refractivity contribution in [2.45, 2.75) is 60.8 Å². The lowest BCUT2D eigenvalue weighted by molar-refractivity contribution is -0.118. The molecular formula is C29H38Cl2N2O3. The van der Waals surface area contributed by atoms with Gasteiger partial charge in [-0.3, -0.25) is 9.59 Å². The number of anilines is 3. The summed E-state index contributed by atoms with van der Waals surface area (Å²) in [5.41, 5.74) is 8.60. The quantitative estimate of drug-likeness (QED) is 0.167. The van der Waals surface area contributed by atoms with E-state index in [1.807, 2.05) is 45.0 Å². The molecule has 0 unspecified atom stereocenters. The van der Waals surface area contributed by atoms with Crippen LogP contribution in [-0.4, -0.2) is 16.7 Å². The predicted molar refractivity (Wildman–Crippen MR) is 155 cm³/mol. The minimum absolute atomic E-state index is 0.0216. The van der Waals surface area contributed by atoms with Crippen molar-refractivity contribution in [2.24, 2.45) is 0 Å². The summed E-state index contributed by atoms with van der Waals surface area (Å²) in [6, 6.07) is 17.4. The summed E-state index contributed by atoms with van der Waals surface area (Å²) in [6.07, 6.45) is 2.18. The van der Waals surface area contributed by atoms with Gasteiger partial charge < -0.3 is 16.2 Å². The number of nitrogens with two attached hydrogens (primary N) is 1. The Hall–Kier alpha value is -3.02. The molecule has 0 spiro atoms. The molecule has 0 heterocycles. The van der Waals surface area contributed by atoms with Gasteiger partial charge in [0.2, 0.25) is 0 Å². The van der Waals surface area contributed by atoms with Gasteiger partial charge in [0.15, 0.2) is 5.78 Å². The molecule has 0 aliphatic carbocycles. The molecule has 36 heavy (non-hydrogen) atoms. The maximum Gasteiger partial charge on any atom is 0.163 e. The molecule has 3 aromatic carbocycles. The molecule has 0 aliphatic rings. The molecule has 0 aliphatic heterocycles. The highest BCUT2D eigenvalue weighted by Crippen LogP contribution is 2.33. The molecule has 196 valence electrons. The fourth-order valence-electron chi connectivity index (χ4n) is 2.72. The Kier molecular flexibility index (Phi) is 16.7. The average molecular weight is 534 g/mol. The molecule has 0 fully saturated rings. The number of nitrogen functional groups attached to an aromatic ring is 1. The maximum absolute atomic E-state index is 11.6. The van der Waals surface area contributed by atoms with Crippen molar-refractivity contribution in [1.82, 2.24) is 0 Å². The molecule has 0 atom stereocenters. The third-order valence-corrected chi connectivity index (χ3v) is 5.05. The molecule has 0 saturated heterocycles. The first-order chi connectivity index (χ1) is 17.1. The third-order valence-electron chi connectivity index (χ3n) is 4.42. The van der Waals surface area contributed by atoms with Gasteiger partial charge in [-0.25, -0.2) is 0 Å². The van der Waals surface area contributed by atoms with E-state index < -0.39 is 0 Å². The Labute approximate surface area is 225 Å². The van der Waals surface area contributed by atoms with Crippen LogP contribution in [0, 0.1) is 0 Å². The zero-order valence-electron chi connectivity index (χ0n) is 22.0. The van der Waals surface area contributed by atoms with E-state index in [1.54, 1.807) is 24.3 Å². The Morgan fingerprint density at radius 1 is 0.917 bits per heavy atom. The van der Waals surface area contributed by atoms with Crippen LogP contribution in [0.15, 0.2) is 60.7 Å². The van der Waals surface area contributed by atoms with Gasteiger partial charge in [0.25, 0.3) is 0 Å². The fourth-order valence-corrected chi connectivity index (χ4v) is 3.21. The number of hydrogen-bond acceptors (Lipinski definition) is 5. The second kappa shape index (κ2) is 18.3. The number of carbonyl (C=O) groups is 2. The highest BCUT2D eigenvalue weighted by molar-refractivity contribution is 6.39. The number of benzene rings is 3. The van der Waals surface area contributed by atoms with Gasteiger partial charge in [-0.2, -0.15) is 0 Å². The van der Waals surface area contributed by atoms with E-state index in [9.17, 15) is 9.59 Å². The lowest BCUT2D eigenvalue weighted by atomic mass is 10.1. The molecule has 4 N–H and O–H groups in total. The first kappa shape index (κ1) is 33.0. The predicted octanol–water partition coefficient (Wildman–Crippen LogP) is 8.88. The van der Waals surface area contributed by atoms with Gasteiger partial charge in [-0.05, 0) is 48.9 Å². The minimum atomic E-state index is -0.185. The van der Waals surface area contributed by atoms with Gasteiger partial charge in [0.05, 0.1) is 21.3 Å². The molecule has 0 bridgehead atoms. The lowest BCUT2D eigenvalue weighted by Gasteiger charge is -2.14. The monoisotopic (exact) mass is 532 g/mol. The van der Waals surface area contributed by atoms with Crippen LogP contribution in [-0.2, 0) is 11.2 Å². The van der Waals surface area contributed by atoms with E-state index in [0.717, 1.165) is 11.3 Å². The van der Waals surface area contributed by atoms with Crippen molar-refractivity contribution in [3.8, 4) is 5.75 Å². The first-order valence-electron chi connectivity index (χ1n) is 12.0. The van der Waals surface area contributed by atoms with Gasteiger partial charge in [-0.1, -0.05) is 88.5 Å². The van der Waals surface area contributed by atoms with Crippen LogP contribution < -0.4 is 11.1 Å². The molecule has 0 radical (unpaired) electrons. The number of nitrogens with one attached hydrogen (secondary N) is 1. The number of Topliss-reactive ketones (excluding diaryl/α,β-unsaturated/α-hetero) is 2. The average Bonchev–Trinajstić information content (AvgIpc) is 2.86. The summed E-state index contributed by atoms with van der Waals surface area (Å²) >= 11 is 12.3. The first-order valence-corrected chi connectivity index (χ1v) is 12.8. The van der Waals surface area contributed by atoms with Crippen LogP contribution in [0.4, 0.5) is 17.1 Å². The third kappa shape index (κ3) is 11.6. The molecular weight excluding hydrogens is 495 g/mol. The standard InChI is InChI=1S/C16H15Cl2NO.C8H9NO2.C3H8.C2H6/c1-2-12(20)10-11-6-3-4-9-15(11)19-16-13(17)7-5-8-14(16)18;1-5(10)7-4-6(9)2-3-8(7)11;1-3-2;1-2/h3-9,19H,2,10H2,1H3;2-4,11H,9H2,1H3;3H2,1-2H3;1-2H3. The van der Waals surface area contributed by atoms with Crippen molar-refractivity contribution < 1.29 is 14.7 Å². The topological polar surface area (TPSA) is 92.4 Å². The van der Waals surface area contributed by atoms with E-state index in [2.05, 4.69) is 19.2 Å². The Morgan fingerprint density at radius 3 is 1.97 bits per heavy atom. The van der Waals surface area contributed by atoms with E-state index in [0.29, 0.717) is 34.3 Å². The van der Waals surface area contributed by atoms with Gasteiger partial charge in [-0.15, -0.1) is 0 Å². The zero-order valence-corrected chi connectivity index (χ0v) is 23.5. The van der Waals surface area contributed by atoms with E-state index >= 15 is 0 Å². The van der Waals surface area contributed by atoms with Crippen LogP contribution in [0.3, 0.4) is 0 Å². The summed E-state index contributed by atoms with van der Waals surface area (Å²) < 4.78 is 0. The number of ketones is 2. The molecule has 0 amide bonds. The molecule has 5 nitrogen and oxygen atoms in total. The smallest absolute Gasteiger partial charge is 0.163 e. The van der Waals surface area contributed by atoms with Crippen LogP contribution in [0.25, 0.3) is 0 Å². The van der Waals surface area contributed by atoms with E-state index in [4.69, 9.17) is 34.0 Å². The summed E-state index contributed by atoms with van der Waals surface area (Å²) in [5.74, 6) is -0.00833. The largest absolute Gasteiger partial charge is 0.507 e. The number of carbonyl (C=O) groups excluding carboxylic acids is 2. The van der Waals surface area contributed by atoms with Crippen molar-refractivity contribution >= 4 is 51.8 Å². The molecule has 3 rings (SSSR count). The van der Waals surface area contributed by atoms with Crippen molar-refractivity contribution in [3.05, 3.63) is 81.8 Å². The van der Waals surface area contributed by atoms with Gasteiger partial charge in [0.1, 0.15) is 11.5 Å². The summed E-state index contributed by atoms with van der Waals surface area (Å²) in [6.45, 7) is 11.5. The van der Waals surface area contributed by atoms with Crippen LogP contribution in [0.1, 0.15) is 70.3 Å². The van der Waals surface area contributed by atoms with Gasteiger partial charge >= 0.3 is 0 Å². The molecule has 0 saturated carbocycles. The van der Waals surface area contributed by atoms with Gasteiger partial charge in [0, 0.05) is 24.2 Å². The maximum atomic E-state index is 11.6. The van der Waals surface area contributed by atoms with E-state index in [-0.39, 0.29) is 22.9 Å². The minimum Gasteiger partial charge on any atom is -0.507 e. The normalized spacial score (nSPS) is 9.33. The number of aromatic hydroxyl groups is 1. The summed E-state index contributed by atoms with van der Waals surface area (Å²) in [5, 5.41) is 13.5. The van der Waals surface area contributed by atoms with Crippen molar-refractivity contribution in [1.29, 1.82) is 0 Å². The van der Waals surface area contributed by atoms with E-state index in [1.165, 1.54) is 25.5 Å². The zero-order chi connectivity index (χ0) is 27.7. The van der Waals surface area contributed by atoms with Crippen molar-refractivity contribution in [3.63, 3.8) is 0 Å². The molecule has 3 aromatic rings. The molecule has 7 heteroatoms. The SMILES string of the molecule is CC.CC(=O)c1cc(N)ccc1O.CCC.CCC(=O)Cc1ccccc1Nc1c(Cl)cccc1Cl. The second-order valence-corrected chi connectivity index (χ2v) is 8.30. The highest BCUT2D eigenvalue weighted by Gasteiger charge is 2.10. The second-order valence-electron chi connectivity index (χ2n) is 7.49. The molecule has 0 aromatic heterocycles. The van der Waals surface area contributed by atoms with Crippen LogP contribution >= 0.6 is 23.2 Å². The van der Waals surface area contributed by atoms with Crippen molar-refractivity contribution in [2.75, 3.05) is 11.1 Å². The number of halogens is 2. The Balaban J connectivity index is 0.000000645. The number of para-hydroxylation sites is 2. The number of phenolic OH excluding ortho intramolecular Hbond substituents is 1. The van der Waals surface area contributed by atoms with Crippen LogP contribution in [0.5, 0.6) is 5.75 Å². The highest BCUT2D eigenvalue weighted by atomic mass is 35.5. The summed E-state index contributed by atoms with van der Waals surface area (Å²) in [7, 11) is 0. The Bertz CT molecular complexity index is 1080. The number of phenols is 1. The number of rotatable bonds is 6. The fraction of sp³-hybridized carbons (Fsp3) is 0.310. The summed E-state index contributed by atoms with van der Waals surface area (Å²) in [4.78, 5) is 22.4.